The van der Waals surface area contributed by atoms with Gasteiger partial charge < -0.3 is 0 Å². The molecule has 1 aliphatic rings. The smallest absolute Gasteiger partial charge is 0.232 e. The number of nitrogens with zero attached hydrogens (tertiary/aromatic N) is 2. The van der Waals surface area contributed by atoms with Gasteiger partial charge >= 0.3 is 0 Å². The van der Waals surface area contributed by atoms with E-state index in [1.165, 1.54) is 6.20 Å². The Bertz CT molecular complexity index is 486. The molecule has 0 saturated carbocycles. The first-order valence-electron chi connectivity index (χ1n) is 5.69. The minimum absolute atomic E-state index is 0.120. The molecule has 96 valence electrons. The predicted octanol–water partition coefficient (Wildman–Crippen LogP) is 2.75. The van der Waals surface area contributed by atoms with E-state index >= 15 is 0 Å². The van der Waals surface area contributed by atoms with Crippen LogP contribution in [0.4, 0.5) is 0 Å². The van der Waals surface area contributed by atoms with Gasteiger partial charge in [-0.2, -0.15) is 4.31 Å². The molecule has 4 nitrogen and oxygen atoms in total. The molecule has 1 aromatic rings. The summed E-state index contributed by atoms with van der Waals surface area (Å²) in [5.41, 5.74) is 0. The van der Waals surface area contributed by atoms with Gasteiger partial charge in [0.15, 0.2) is 8.68 Å². The summed E-state index contributed by atoms with van der Waals surface area (Å²) in [5.74, 6) is 0. The van der Waals surface area contributed by atoms with Gasteiger partial charge in [-0.15, -0.1) is 0 Å². The molecule has 0 aliphatic carbocycles. The number of sulfonamides is 1. The minimum atomic E-state index is -3.40. The third-order valence-electron chi connectivity index (χ3n) is 3.06. The lowest BCUT2D eigenvalue weighted by molar-refractivity contribution is 0.247. The number of hydrogen-bond acceptors (Lipinski definition) is 4. The van der Waals surface area contributed by atoms with Crippen LogP contribution in [-0.4, -0.2) is 30.3 Å². The zero-order chi connectivity index (χ0) is 12.5. The van der Waals surface area contributed by atoms with Crippen molar-refractivity contribution < 1.29 is 8.42 Å². The average molecular weight is 295 g/mol. The molecule has 1 unspecified atom stereocenters. The Balaban J connectivity index is 2.30. The van der Waals surface area contributed by atoms with Crippen LogP contribution in [0.5, 0.6) is 0 Å². The van der Waals surface area contributed by atoms with Crippen LogP contribution in [-0.2, 0) is 10.0 Å². The van der Waals surface area contributed by atoms with Crippen LogP contribution in [0.25, 0.3) is 0 Å². The van der Waals surface area contributed by atoms with Gasteiger partial charge in [-0.05, 0) is 19.3 Å². The Hall–Kier alpha value is -0.170. The first-order valence-corrected chi connectivity index (χ1v) is 8.32. The third kappa shape index (κ3) is 2.65. The standard InChI is InChI=1S/C10H15ClN2O2S2/c1-2-8-5-3-4-6-13(8)17(14,15)9-7-12-10(11)16-9/h7-8H,2-6H2,1H3. The lowest BCUT2D eigenvalue weighted by Gasteiger charge is -2.33. The first-order chi connectivity index (χ1) is 8.05. The average Bonchev–Trinajstić information content (AvgIpc) is 2.76. The van der Waals surface area contributed by atoms with Crippen molar-refractivity contribution in [1.82, 2.24) is 9.29 Å². The van der Waals surface area contributed by atoms with E-state index in [0.29, 0.717) is 6.54 Å². The van der Waals surface area contributed by atoms with Crippen LogP contribution in [0.3, 0.4) is 0 Å². The lowest BCUT2D eigenvalue weighted by atomic mass is 10.0. The molecule has 7 heteroatoms. The fourth-order valence-electron chi connectivity index (χ4n) is 2.17. The van der Waals surface area contributed by atoms with Crippen molar-refractivity contribution in [3.05, 3.63) is 10.7 Å². The summed E-state index contributed by atoms with van der Waals surface area (Å²) in [5, 5.41) is 0. The summed E-state index contributed by atoms with van der Waals surface area (Å²) >= 11 is 6.73. The molecule has 0 amide bonds. The molecule has 0 spiro atoms. The Kier molecular flexibility index (Phi) is 4.07. The monoisotopic (exact) mass is 294 g/mol. The van der Waals surface area contributed by atoms with Crippen LogP contribution in [0, 0.1) is 0 Å². The lowest BCUT2D eigenvalue weighted by Crippen LogP contribution is -2.42. The summed E-state index contributed by atoms with van der Waals surface area (Å²) in [7, 11) is -3.40. The van der Waals surface area contributed by atoms with Gasteiger partial charge in [-0.3, -0.25) is 0 Å². The molecule has 0 radical (unpaired) electrons. The second-order valence-corrected chi connectivity index (χ2v) is 7.84. The molecule has 1 atom stereocenters. The zero-order valence-corrected chi connectivity index (χ0v) is 12.0. The number of rotatable bonds is 3. The number of hydrogen-bond donors (Lipinski definition) is 0. The van der Waals surface area contributed by atoms with Crippen LogP contribution in [0.1, 0.15) is 32.6 Å². The second-order valence-electron chi connectivity index (χ2n) is 4.11. The Morgan fingerprint density at radius 3 is 2.94 bits per heavy atom. The van der Waals surface area contributed by atoms with E-state index < -0.39 is 10.0 Å². The molecule has 1 saturated heterocycles. The molecular formula is C10H15ClN2O2S2. The zero-order valence-electron chi connectivity index (χ0n) is 9.60. The van der Waals surface area contributed by atoms with Crippen LogP contribution in [0.15, 0.2) is 10.4 Å². The van der Waals surface area contributed by atoms with Crippen molar-refractivity contribution in [1.29, 1.82) is 0 Å². The molecule has 0 aromatic carbocycles. The van der Waals surface area contributed by atoms with Crippen molar-refractivity contribution in [2.45, 2.75) is 42.9 Å². The summed E-state index contributed by atoms with van der Waals surface area (Å²) in [6.07, 6.45) is 5.19. The highest BCUT2D eigenvalue weighted by Gasteiger charge is 2.33. The fraction of sp³-hybridized carbons (Fsp3) is 0.700. The van der Waals surface area contributed by atoms with Crippen LogP contribution in [0.2, 0.25) is 4.47 Å². The summed E-state index contributed by atoms with van der Waals surface area (Å²) in [6.45, 7) is 2.63. The Morgan fingerprint density at radius 2 is 2.35 bits per heavy atom. The highest BCUT2D eigenvalue weighted by Crippen LogP contribution is 2.30. The number of aromatic nitrogens is 1. The van der Waals surface area contributed by atoms with E-state index in [9.17, 15) is 8.42 Å². The summed E-state index contributed by atoms with van der Waals surface area (Å²) in [6, 6.07) is 0.120. The maximum Gasteiger partial charge on any atom is 0.254 e. The largest absolute Gasteiger partial charge is 0.254 e. The van der Waals surface area contributed by atoms with Crippen molar-refractivity contribution in [3.63, 3.8) is 0 Å². The second kappa shape index (κ2) is 5.22. The Labute approximate surface area is 111 Å². The van der Waals surface area contributed by atoms with Gasteiger partial charge in [0.2, 0.25) is 0 Å². The van der Waals surface area contributed by atoms with E-state index in [0.717, 1.165) is 37.0 Å². The number of thiazole rings is 1. The van der Waals surface area contributed by atoms with Gasteiger partial charge in [-0.25, -0.2) is 13.4 Å². The van der Waals surface area contributed by atoms with Gasteiger partial charge in [-0.1, -0.05) is 36.3 Å². The van der Waals surface area contributed by atoms with E-state index in [1.54, 1.807) is 4.31 Å². The highest BCUT2D eigenvalue weighted by molar-refractivity contribution is 7.91. The van der Waals surface area contributed by atoms with E-state index in [1.807, 2.05) is 6.92 Å². The van der Waals surface area contributed by atoms with Crippen LogP contribution >= 0.6 is 22.9 Å². The van der Waals surface area contributed by atoms with Crippen LogP contribution < -0.4 is 0 Å². The SMILES string of the molecule is CCC1CCCCN1S(=O)(=O)c1cnc(Cl)s1. The van der Waals surface area contributed by atoms with E-state index in [-0.39, 0.29) is 14.7 Å². The molecule has 0 N–H and O–H groups in total. The Morgan fingerprint density at radius 1 is 1.59 bits per heavy atom. The van der Waals surface area contributed by atoms with Crippen molar-refractivity contribution >= 4 is 33.0 Å². The molecule has 1 aromatic heterocycles. The minimum Gasteiger partial charge on any atom is -0.232 e. The van der Waals surface area contributed by atoms with Crippen molar-refractivity contribution in [2.75, 3.05) is 6.54 Å². The normalized spacial score (nSPS) is 22.8. The topological polar surface area (TPSA) is 50.3 Å². The van der Waals surface area contributed by atoms with Gasteiger partial charge in [0.1, 0.15) is 0 Å². The summed E-state index contributed by atoms with van der Waals surface area (Å²) in [4.78, 5) is 3.81. The van der Waals surface area contributed by atoms with Crippen molar-refractivity contribution in [2.24, 2.45) is 0 Å². The predicted molar refractivity (Wildman–Crippen MR) is 68.9 cm³/mol. The van der Waals surface area contributed by atoms with Gasteiger partial charge in [0.05, 0.1) is 6.20 Å². The molecule has 2 heterocycles. The number of halogens is 1. The molecule has 17 heavy (non-hydrogen) atoms. The molecule has 2 rings (SSSR count). The van der Waals surface area contributed by atoms with E-state index in [2.05, 4.69) is 4.98 Å². The fourth-order valence-corrected chi connectivity index (χ4v) is 5.36. The van der Waals surface area contributed by atoms with Gasteiger partial charge in [0, 0.05) is 12.6 Å². The maximum absolute atomic E-state index is 12.4. The molecule has 0 bridgehead atoms. The molecular weight excluding hydrogens is 280 g/mol. The molecule has 1 aliphatic heterocycles. The maximum atomic E-state index is 12.4. The first kappa shape index (κ1) is 13.3. The third-order valence-corrected chi connectivity index (χ3v) is 6.57. The van der Waals surface area contributed by atoms with Gasteiger partial charge in [0.25, 0.3) is 10.0 Å². The molecule has 1 fully saturated rings. The quantitative estimate of drug-likeness (QED) is 0.861. The number of piperidine rings is 1. The highest BCUT2D eigenvalue weighted by atomic mass is 35.5. The van der Waals surface area contributed by atoms with E-state index in [4.69, 9.17) is 11.6 Å². The summed E-state index contributed by atoms with van der Waals surface area (Å²) < 4.78 is 27.0. The van der Waals surface area contributed by atoms with Crippen molar-refractivity contribution in [3.8, 4) is 0 Å².